The van der Waals surface area contributed by atoms with E-state index in [1.165, 1.54) is 11.3 Å². The first-order valence-electron chi connectivity index (χ1n) is 7.42. The van der Waals surface area contributed by atoms with Gasteiger partial charge in [0.2, 0.25) is 0 Å². The van der Waals surface area contributed by atoms with Crippen LogP contribution in [0.1, 0.15) is 15.9 Å². The monoisotopic (exact) mass is 339 g/mol. The highest BCUT2D eigenvalue weighted by molar-refractivity contribution is 7.13. The van der Waals surface area contributed by atoms with Crippen LogP contribution in [0.4, 0.5) is 10.8 Å². The minimum atomic E-state index is -0.117. The van der Waals surface area contributed by atoms with E-state index in [-0.39, 0.29) is 5.91 Å². The van der Waals surface area contributed by atoms with Crippen molar-refractivity contribution in [1.29, 1.82) is 0 Å². The lowest BCUT2D eigenvalue weighted by Gasteiger charge is -2.08. The number of anilines is 2. The summed E-state index contributed by atoms with van der Waals surface area (Å²) in [6.07, 6.45) is 1.73. The lowest BCUT2D eigenvalue weighted by molar-refractivity contribution is 0.0951. The summed E-state index contributed by atoms with van der Waals surface area (Å²) in [5, 5.41) is 8.79. The maximum absolute atomic E-state index is 12.3. The molecule has 0 atom stereocenters. The highest BCUT2D eigenvalue weighted by Crippen LogP contribution is 2.19. The number of carbonyl (C=O) groups excluding carboxylic acids is 1. The van der Waals surface area contributed by atoms with Gasteiger partial charge >= 0.3 is 0 Å². The van der Waals surface area contributed by atoms with Crippen molar-refractivity contribution in [1.82, 2.24) is 10.3 Å². The molecule has 1 aromatic heterocycles. The summed E-state index contributed by atoms with van der Waals surface area (Å²) < 4.78 is 5.12. The van der Waals surface area contributed by atoms with Crippen LogP contribution in [0.2, 0.25) is 0 Å². The first-order chi connectivity index (χ1) is 11.7. The van der Waals surface area contributed by atoms with Crippen LogP contribution in [0, 0.1) is 0 Å². The largest absolute Gasteiger partial charge is 0.497 e. The molecule has 122 valence electrons. The van der Waals surface area contributed by atoms with Crippen molar-refractivity contribution < 1.29 is 9.53 Å². The number of carbonyl (C=O) groups is 1. The third kappa shape index (κ3) is 4.11. The SMILES string of the molecule is COc1ccc(CNC(=O)c2cccc(Nc3nccs3)c2)cc1. The quantitative estimate of drug-likeness (QED) is 0.716. The molecule has 0 aliphatic rings. The Bertz CT molecular complexity index is 801. The summed E-state index contributed by atoms with van der Waals surface area (Å²) in [4.78, 5) is 16.5. The van der Waals surface area contributed by atoms with Crippen LogP contribution in [0.15, 0.2) is 60.1 Å². The summed E-state index contributed by atoms with van der Waals surface area (Å²) in [5.74, 6) is 0.680. The van der Waals surface area contributed by atoms with Crippen molar-refractivity contribution >= 4 is 28.1 Å². The zero-order chi connectivity index (χ0) is 16.8. The van der Waals surface area contributed by atoms with E-state index in [4.69, 9.17) is 4.74 Å². The van der Waals surface area contributed by atoms with Crippen molar-refractivity contribution in [3.05, 3.63) is 71.2 Å². The van der Waals surface area contributed by atoms with Crippen LogP contribution in [-0.4, -0.2) is 18.0 Å². The summed E-state index contributed by atoms with van der Waals surface area (Å²) in [7, 11) is 1.63. The number of thiazole rings is 1. The smallest absolute Gasteiger partial charge is 0.251 e. The molecule has 0 aliphatic carbocycles. The Morgan fingerprint density at radius 1 is 1.21 bits per heavy atom. The number of amides is 1. The van der Waals surface area contributed by atoms with E-state index in [0.717, 1.165) is 22.1 Å². The highest BCUT2D eigenvalue weighted by atomic mass is 32.1. The Morgan fingerprint density at radius 3 is 2.75 bits per heavy atom. The third-order valence-electron chi connectivity index (χ3n) is 3.42. The topological polar surface area (TPSA) is 63.2 Å². The fourth-order valence-corrected chi connectivity index (χ4v) is 2.72. The molecule has 1 amide bonds. The van der Waals surface area contributed by atoms with Crippen molar-refractivity contribution in [2.75, 3.05) is 12.4 Å². The van der Waals surface area contributed by atoms with E-state index < -0.39 is 0 Å². The van der Waals surface area contributed by atoms with Gasteiger partial charge in [0.25, 0.3) is 5.91 Å². The first kappa shape index (κ1) is 16.0. The minimum Gasteiger partial charge on any atom is -0.497 e. The van der Waals surface area contributed by atoms with Crippen molar-refractivity contribution in [3.63, 3.8) is 0 Å². The van der Waals surface area contributed by atoms with Crippen molar-refractivity contribution in [3.8, 4) is 5.75 Å². The van der Waals surface area contributed by atoms with Gasteiger partial charge in [-0.2, -0.15) is 0 Å². The van der Waals surface area contributed by atoms with Gasteiger partial charge in [-0.05, 0) is 35.9 Å². The van der Waals surface area contributed by atoms with E-state index >= 15 is 0 Å². The number of nitrogens with zero attached hydrogens (tertiary/aromatic N) is 1. The molecule has 0 bridgehead atoms. The van der Waals surface area contributed by atoms with Gasteiger partial charge in [-0.15, -0.1) is 11.3 Å². The average molecular weight is 339 g/mol. The zero-order valence-electron chi connectivity index (χ0n) is 13.2. The van der Waals surface area contributed by atoms with Crippen molar-refractivity contribution in [2.24, 2.45) is 0 Å². The first-order valence-corrected chi connectivity index (χ1v) is 8.30. The molecule has 0 saturated carbocycles. The summed E-state index contributed by atoms with van der Waals surface area (Å²) in [6.45, 7) is 0.465. The molecular weight excluding hydrogens is 322 g/mol. The fourth-order valence-electron chi connectivity index (χ4n) is 2.17. The number of rotatable bonds is 6. The maximum Gasteiger partial charge on any atom is 0.251 e. The summed E-state index contributed by atoms with van der Waals surface area (Å²) in [6, 6.07) is 15.0. The Balaban J connectivity index is 1.61. The Hall–Kier alpha value is -2.86. The molecule has 3 aromatic rings. The second kappa shape index (κ2) is 7.61. The zero-order valence-corrected chi connectivity index (χ0v) is 14.0. The predicted octanol–water partition coefficient (Wildman–Crippen LogP) is 3.83. The van der Waals surface area contributed by atoms with Crippen LogP contribution in [0.5, 0.6) is 5.75 Å². The van der Waals surface area contributed by atoms with Gasteiger partial charge in [-0.3, -0.25) is 4.79 Å². The minimum absolute atomic E-state index is 0.117. The molecule has 2 aromatic carbocycles. The second-order valence-corrected chi connectivity index (χ2v) is 5.97. The van der Waals surface area contributed by atoms with E-state index in [2.05, 4.69) is 15.6 Å². The van der Waals surface area contributed by atoms with Crippen LogP contribution in [-0.2, 0) is 6.54 Å². The number of nitrogens with one attached hydrogen (secondary N) is 2. The summed E-state index contributed by atoms with van der Waals surface area (Å²) in [5.41, 5.74) is 2.45. The molecule has 0 fully saturated rings. The van der Waals surface area contributed by atoms with Crippen molar-refractivity contribution in [2.45, 2.75) is 6.54 Å². The maximum atomic E-state index is 12.3. The fraction of sp³-hybridized carbons (Fsp3) is 0.111. The molecule has 24 heavy (non-hydrogen) atoms. The molecule has 2 N–H and O–H groups in total. The molecule has 0 radical (unpaired) electrons. The number of aromatic nitrogens is 1. The van der Waals surface area contributed by atoms with Gasteiger partial charge in [-0.25, -0.2) is 4.98 Å². The lowest BCUT2D eigenvalue weighted by Crippen LogP contribution is -2.22. The van der Waals surface area contributed by atoms with E-state index in [1.807, 2.05) is 47.8 Å². The van der Waals surface area contributed by atoms with Crippen LogP contribution >= 0.6 is 11.3 Å². The molecule has 0 aliphatic heterocycles. The van der Waals surface area contributed by atoms with Gasteiger partial charge in [0, 0.05) is 29.4 Å². The third-order valence-corrected chi connectivity index (χ3v) is 4.11. The Morgan fingerprint density at radius 2 is 2.04 bits per heavy atom. The normalized spacial score (nSPS) is 10.2. The van der Waals surface area contributed by atoms with Crippen LogP contribution < -0.4 is 15.4 Å². The van der Waals surface area contributed by atoms with Gasteiger partial charge in [0.05, 0.1) is 7.11 Å². The van der Waals surface area contributed by atoms with Gasteiger partial charge in [0.15, 0.2) is 5.13 Å². The van der Waals surface area contributed by atoms with Gasteiger partial charge < -0.3 is 15.4 Å². The molecule has 5 nitrogen and oxygen atoms in total. The van der Waals surface area contributed by atoms with Gasteiger partial charge in [0.1, 0.15) is 5.75 Å². The van der Waals surface area contributed by atoms with Gasteiger partial charge in [-0.1, -0.05) is 18.2 Å². The van der Waals surface area contributed by atoms with E-state index in [1.54, 1.807) is 19.4 Å². The molecular formula is C18H17N3O2S. The predicted molar refractivity (Wildman–Crippen MR) is 96.0 cm³/mol. The molecule has 0 unspecified atom stereocenters. The number of methoxy groups -OCH3 is 1. The standard InChI is InChI=1S/C18H17N3O2S/c1-23-16-7-5-13(6-8-16)12-20-17(22)14-3-2-4-15(11-14)21-18-19-9-10-24-18/h2-11H,12H2,1H3,(H,19,21)(H,20,22). The second-order valence-electron chi connectivity index (χ2n) is 5.07. The Kier molecular flexibility index (Phi) is 5.08. The van der Waals surface area contributed by atoms with Crippen LogP contribution in [0.3, 0.4) is 0 Å². The highest BCUT2D eigenvalue weighted by Gasteiger charge is 2.07. The number of ether oxygens (including phenoxy) is 1. The number of hydrogen-bond acceptors (Lipinski definition) is 5. The number of hydrogen-bond donors (Lipinski definition) is 2. The van der Waals surface area contributed by atoms with Crippen LogP contribution in [0.25, 0.3) is 0 Å². The molecule has 6 heteroatoms. The molecule has 0 saturated heterocycles. The average Bonchev–Trinajstić information content (AvgIpc) is 3.13. The lowest BCUT2D eigenvalue weighted by atomic mass is 10.1. The Labute approximate surface area is 144 Å². The van der Waals surface area contributed by atoms with E-state index in [0.29, 0.717) is 12.1 Å². The van der Waals surface area contributed by atoms with E-state index in [9.17, 15) is 4.79 Å². The number of benzene rings is 2. The molecule has 0 spiro atoms. The summed E-state index contributed by atoms with van der Waals surface area (Å²) >= 11 is 1.51. The molecule has 3 rings (SSSR count). The molecule has 1 heterocycles.